The largest absolute Gasteiger partial charge is 0.480 e. The Hall–Kier alpha value is -2.07. The second-order valence-corrected chi connectivity index (χ2v) is 11.4. The van der Waals surface area contributed by atoms with Crippen LogP contribution in [0.5, 0.6) is 0 Å². The van der Waals surface area contributed by atoms with Crippen LogP contribution in [0.3, 0.4) is 0 Å². The lowest BCUT2D eigenvalue weighted by Crippen LogP contribution is -2.31. The van der Waals surface area contributed by atoms with Gasteiger partial charge in [0.2, 0.25) is 5.91 Å². The molecule has 0 radical (unpaired) electrons. The van der Waals surface area contributed by atoms with Crippen LogP contribution in [0.15, 0.2) is 0 Å². The number of carbonyl (C=O) groups excluding carboxylic acids is 2. The molecule has 0 saturated heterocycles. The van der Waals surface area contributed by atoms with Crippen molar-refractivity contribution in [2.45, 2.75) is 45.4 Å². The summed E-state index contributed by atoms with van der Waals surface area (Å²) in [5.74, 6) is -1.68. The molecule has 0 saturated carbocycles. The number of carbonyl (C=O) groups is 3. The molecule has 0 fully saturated rings. The van der Waals surface area contributed by atoms with E-state index in [1.807, 2.05) is 0 Å². The van der Waals surface area contributed by atoms with Gasteiger partial charge in [0.25, 0.3) is 0 Å². The Balaban J connectivity index is 3.12. The number of hydrogen-bond acceptors (Lipinski definition) is 16. The minimum Gasteiger partial charge on any atom is -0.480 e. The number of unbranched alkanes of at least 4 members (excludes halogenated alkanes) is 4. The van der Waals surface area contributed by atoms with E-state index in [-0.39, 0.29) is 19.2 Å². The molecule has 0 aliphatic heterocycles. The predicted molar refractivity (Wildman–Crippen MR) is 195 cm³/mol. The molecule has 2 N–H and O–H groups in total. The lowest BCUT2D eigenvalue weighted by Gasteiger charge is -2.09. The number of hydrogen-bond donors (Lipinski definition) is 2. The molecule has 18 heteroatoms. The monoisotopic (exact) mass is 787 g/mol. The topological polar surface area (TPSA) is 203 Å². The quantitative estimate of drug-likeness (QED) is 0.0659. The summed E-state index contributed by atoms with van der Waals surface area (Å²) in [6.07, 6.45) is 6.03. The van der Waals surface area contributed by atoms with E-state index in [2.05, 4.69) is 17.0 Å². The number of nitrogens with one attached hydrogen (secondary N) is 1. The van der Waals surface area contributed by atoms with Crippen molar-refractivity contribution in [3.05, 3.63) is 0 Å². The maximum atomic E-state index is 11.6. The Morgan fingerprint density at radius 1 is 0.407 bits per heavy atom. The molecule has 0 aliphatic carbocycles. The average molecular weight is 788 g/mol. The van der Waals surface area contributed by atoms with Crippen molar-refractivity contribution in [3.63, 3.8) is 0 Å². The van der Waals surface area contributed by atoms with Gasteiger partial charge in [-0.15, -0.1) is 0 Å². The lowest BCUT2D eigenvalue weighted by molar-refractivity contribution is -0.146. The fraction of sp³-hybridized carbons (Fsp3) is 0.917. The summed E-state index contributed by atoms with van der Waals surface area (Å²) in [6, 6.07) is 0. The van der Waals surface area contributed by atoms with Gasteiger partial charge < -0.3 is 72.0 Å². The summed E-state index contributed by atoms with van der Waals surface area (Å²) in [5, 5.41) is 11.0. The van der Waals surface area contributed by atoms with Gasteiger partial charge in [-0.1, -0.05) is 32.6 Å². The van der Waals surface area contributed by atoms with Crippen molar-refractivity contribution < 1.29 is 81.1 Å². The van der Waals surface area contributed by atoms with Gasteiger partial charge in [-0.3, -0.25) is 9.59 Å². The van der Waals surface area contributed by atoms with Crippen molar-refractivity contribution in [1.82, 2.24) is 5.32 Å². The number of amides is 1. The maximum Gasteiger partial charge on any atom is 0.329 e. The molecule has 0 heterocycles. The first-order valence-corrected chi connectivity index (χ1v) is 19.1. The molecule has 0 atom stereocenters. The summed E-state index contributed by atoms with van der Waals surface area (Å²) in [6.45, 7) is 11.7. The molecule has 0 spiro atoms. The van der Waals surface area contributed by atoms with Gasteiger partial charge in [0.1, 0.15) is 19.8 Å². The minimum absolute atomic E-state index is 0.156. The zero-order valence-electron chi connectivity index (χ0n) is 32.6. The van der Waals surface area contributed by atoms with Crippen molar-refractivity contribution in [2.24, 2.45) is 0 Å². The highest BCUT2D eigenvalue weighted by Crippen LogP contribution is 2.05. The van der Waals surface area contributed by atoms with Gasteiger partial charge in [-0.05, 0) is 6.42 Å². The van der Waals surface area contributed by atoms with Gasteiger partial charge in [-0.2, -0.15) is 0 Å². The van der Waals surface area contributed by atoms with E-state index >= 15 is 0 Å². The third-order valence-electron chi connectivity index (χ3n) is 6.72. The van der Waals surface area contributed by atoms with Crippen molar-refractivity contribution in [2.75, 3.05) is 172 Å². The van der Waals surface area contributed by atoms with E-state index in [1.54, 1.807) is 0 Å². The Bertz CT molecular complexity index is 811. The molecule has 0 aromatic heterocycles. The van der Waals surface area contributed by atoms with Crippen LogP contribution in [-0.4, -0.2) is 195 Å². The minimum atomic E-state index is -1.13. The Kier molecular flexibility index (Phi) is 43.6. The Morgan fingerprint density at radius 3 is 1.09 bits per heavy atom. The van der Waals surface area contributed by atoms with Crippen molar-refractivity contribution >= 4 is 17.8 Å². The third-order valence-corrected chi connectivity index (χ3v) is 6.72. The molecule has 18 nitrogen and oxygen atoms in total. The summed E-state index contributed by atoms with van der Waals surface area (Å²) >= 11 is 0. The molecule has 0 rings (SSSR count). The summed E-state index contributed by atoms with van der Waals surface area (Å²) in [5.41, 5.74) is 0. The van der Waals surface area contributed by atoms with Crippen LogP contribution < -0.4 is 5.32 Å². The van der Waals surface area contributed by atoms with Crippen LogP contribution in [0.1, 0.15) is 45.4 Å². The van der Waals surface area contributed by atoms with E-state index in [0.29, 0.717) is 158 Å². The number of carboxylic acids is 1. The van der Waals surface area contributed by atoms with Gasteiger partial charge in [0.05, 0.1) is 145 Å². The Morgan fingerprint density at radius 2 is 0.741 bits per heavy atom. The summed E-state index contributed by atoms with van der Waals surface area (Å²) in [4.78, 5) is 33.3. The third kappa shape index (κ3) is 46.1. The lowest BCUT2D eigenvalue weighted by atomic mass is 10.1. The van der Waals surface area contributed by atoms with Crippen LogP contribution >= 0.6 is 0 Å². The number of aliphatic carboxylic acids is 1. The summed E-state index contributed by atoms with van der Waals surface area (Å²) in [7, 11) is 0. The van der Waals surface area contributed by atoms with Crippen LogP contribution in [0.4, 0.5) is 0 Å². The summed E-state index contributed by atoms with van der Waals surface area (Å²) < 4.78 is 69.7. The van der Waals surface area contributed by atoms with Gasteiger partial charge in [0.15, 0.2) is 0 Å². The maximum absolute atomic E-state index is 11.6. The number of ether oxygens (including phenoxy) is 13. The molecular weight excluding hydrogens is 718 g/mol. The first-order valence-electron chi connectivity index (χ1n) is 19.1. The number of rotatable bonds is 46. The van der Waals surface area contributed by atoms with E-state index < -0.39 is 18.5 Å². The van der Waals surface area contributed by atoms with E-state index in [9.17, 15) is 14.4 Å². The zero-order chi connectivity index (χ0) is 39.3. The molecule has 0 bridgehead atoms. The first-order chi connectivity index (χ1) is 26.6. The molecular formula is C36H69NO17. The Labute approximate surface area is 321 Å². The van der Waals surface area contributed by atoms with E-state index in [0.717, 1.165) is 12.8 Å². The van der Waals surface area contributed by atoms with Crippen LogP contribution in [0.25, 0.3) is 0 Å². The van der Waals surface area contributed by atoms with Crippen LogP contribution in [0, 0.1) is 0 Å². The van der Waals surface area contributed by atoms with E-state index in [4.69, 9.17) is 61.9 Å². The SMILES string of the molecule is CCCCCCCC(=O)OCCOCCOCCOCCOCCOCCOCCOCCOCCOCCOCCOCCNC(=O)COCC(=O)O. The van der Waals surface area contributed by atoms with Gasteiger partial charge in [-0.25, -0.2) is 4.79 Å². The molecule has 0 unspecified atom stereocenters. The second kappa shape index (κ2) is 45.3. The van der Waals surface area contributed by atoms with Crippen LogP contribution in [-0.2, 0) is 76.0 Å². The van der Waals surface area contributed by atoms with Gasteiger partial charge >= 0.3 is 11.9 Å². The highest BCUT2D eigenvalue weighted by atomic mass is 16.6. The smallest absolute Gasteiger partial charge is 0.329 e. The van der Waals surface area contributed by atoms with E-state index in [1.165, 1.54) is 19.3 Å². The number of esters is 1. The molecule has 320 valence electrons. The van der Waals surface area contributed by atoms with Crippen LogP contribution in [0.2, 0.25) is 0 Å². The fourth-order valence-electron chi connectivity index (χ4n) is 4.01. The molecule has 0 aliphatic rings. The average Bonchev–Trinajstić information content (AvgIpc) is 3.15. The first kappa shape index (κ1) is 51.9. The predicted octanol–water partition coefficient (Wildman–Crippen LogP) is 1.29. The van der Waals surface area contributed by atoms with Gasteiger partial charge in [0, 0.05) is 13.0 Å². The molecule has 1 amide bonds. The second-order valence-electron chi connectivity index (χ2n) is 11.4. The highest BCUT2D eigenvalue weighted by Gasteiger charge is 2.04. The normalized spacial score (nSPS) is 11.3. The highest BCUT2D eigenvalue weighted by molar-refractivity contribution is 5.77. The zero-order valence-corrected chi connectivity index (χ0v) is 32.6. The van der Waals surface area contributed by atoms with Crippen molar-refractivity contribution in [3.8, 4) is 0 Å². The fourth-order valence-corrected chi connectivity index (χ4v) is 4.01. The van der Waals surface area contributed by atoms with Crippen molar-refractivity contribution in [1.29, 1.82) is 0 Å². The molecule has 0 aromatic carbocycles. The number of carboxylic acid groups (broad SMARTS) is 1. The molecule has 54 heavy (non-hydrogen) atoms. The standard InChI is InChI=1S/C36H69NO17/c1-2-3-4-5-6-7-36(41)54-31-30-52-29-28-51-27-26-50-25-24-49-23-22-48-21-20-47-19-18-46-17-16-45-15-14-44-13-12-43-11-10-42-9-8-37-34(38)32-53-33-35(39)40/h2-33H2,1H3,(H,37,38)(H,39,40). The molecule has 0 aromatic rings.